The highest BCUT2D eigenvalue weighted by molar-refractivity contribution is 5.90. The van der Waals surface area contributed by atoms with Crippen molar-refractivity contribution < 1.29 is 14.3 Å². The second kappa shape index (κ2) is 6.54. The van der Waals surface area contributed by atoms with Crippen molar-refractivity contribution in [3.05, 3.63) is 24.5 Å². The Morgan fingerprint density at radius 2 is 2.35 bits per heavy atom. The summed E-state index contributed by atoms with van der Waals surface area (Å²) in [4.78, 5) is 31.5. The Labute approximate surface area is 135 Å². The van der Waals surface area contributed by atoms with Crippen LogP contribution >= 0.6 is 0 Å². The average Bonchev–Trinajstić information content (AvgIpc) is 2.80. The number of amides is 2. The molecule has 7 nitrogen and oxygen atoms in total. The number of ether oxygens (including phenoxy) is 1. The second-order valence-electron chi connectivity index (χ2n) is 6.33. The van der Waals surface area contributed by atoms with Gasteiger partial charge in [-0.3, -0.25) is 14.7 Å². The summed E-state index contributed by atoms with van der Waals surface area (Å²) in [5, 5.41) is 2.83. The lowest BCUT2D eigenvalue weighted by Crippen LogP contribution is -2.50. The van der Waals surface area contributed by atoms with Crippen LogP contribution in [0.25, 0.3) is 0 Å². The van der Waals surface area contributed by atoms with E-state index in [9.17, 15) is 9.59 Å². The molecule has 0 radical (unpaired) electrons. The molecule has 23 heavy (non-hydrogen) atoms. The first kappa shape index (κ1) is 15.7. The fraction of sp³-hybridized carbons (Fsp3) is 0.562. The largest absolute Gasteiger partial charge is 0.440 e. The predicted molar refractivity (Wildman–Crippen MR) is 85.0 cm³/mol. The molecule has 1 atom stereocenters. The Bertz CT molecular complexity index is 580. The molecule has 3 heterocycles. The lowest BCUT2D eigenvalue weighted by atomic mass is 9.92. The average molecular weight is 318 g/mol. The number of carbonyl (C=O) groups excluding carboxylic acids is 2. The van der Waals surface area contributed by atoms with Crippen molar-refractivity contribution in [3.63, 3.8) is 0 Å². The van der Waals surface area contributed by atoms with Gasteiger partial charge in [0.25, 0.3) is 0 Å². The molecule has 1 aromatic rings. The summed E-state index contributed by atoms with van der Waals surface area (Å²) in [6.07, 6.45) is 5.33. The van der Waals surface area contributed by atoms with Gasteiger partial charge >= 0.3 is 6.09 Å². The summed E-state index contributed by atoms with van der Waals surface area (Å²) < 4.78 is 5.57. The topological polar surface area (TPSA) is 74.8 Å². The first-order valence-corrected chi connectivity index (χ1v) is 7.93. The van der Waals surface area contributed by atoms with Gasteiger partial charge in [-0.15, -0.1) is 0 Å². The third-order valence-electron chi connectivity index (χ3n) is 4.36. The van der Waals surface area contributed by atoms with Gasteiger partial charge in [-0.1, -0.05) is 0 Å². The van der Waals surface area contributed by atoms with Crippen molar-refractivity contribution in [2.24, 2.45) is 0 Å². The molecular formula is C16H22N4O3. The molecule has 2 aliphatic heterocycles. The van der Waals surface area contributed by atoms with E-state index in [1.165, 1.54) is 0 Å². The molecule has 1 spiro atoms. The van der Waals surface area contributed by atoms with Crippen LogP contribution in [0.3, 0.4) is 0 Å². The molecule has 1 aromatic heterocycles. The molecule has 124 valence electrons. The van der Waals surface area contributed by atoms with E-state index < -0.39 is 5.60 Å². The van der Waals surface area contributed by atoms with Crippen molar-refractivity contribution in [2.75, 3.05) is 38.5 Å². The van der Waals surface area contributed by atoms with Crippen LogP contribution in [0.1, 0.15) is 19.3 Å². The van der Waals surface area contributed by atoms with Crippen LogP contribution in [0, 0.1) is 0 Å². The summed E-state index contributed by atoms with van der Waals surface area (Å²) in [5.74, 6) is -0.0295. The molecule has 7 heteroatoms. The number of rotatable bonds is 4. The minimum absolute atomic E-state index is 0.0295. The molecule has 0 unspecified atom stereocenters. The fourth-order valence-electron chi connectivity index (χ4n) is 3.31. The molecule has 2 fully saturated rings. The molecule has 0 saturated carbocycles. The van der Waals surface area contributed by atoms with Gasteiger partial charge in [0.15, 0.2) is 0 Å². The third-order valence-corrected chi connectivity index (χ3v) is 4.36. The van der Waals surface area contributed by atoms with Gasteiger partial charge in [-0.25, -0.2) is 4.79 Å². The van der Waals surface area contributed by atoms with Crippen molar-refractivity contribution in [2.45, 2.75) is 24.9 Å². The summed E-state index contributed by atoms with van der Waals surface area (Å²) in [6.45, 7) is 2.92. The highest BCUT2D eigenvalue weighted by Crippen LogP contribution is 2.31. The van der Waals surface area contributed by atoms with E-state index >= 15 is 0 Å². The number of nitrogens with zero attached hydrogens (tertiary/aromatic N) is 3. The highest BCUT2D eigenvalue weighted by Gasteiger charge is 2.46. The minimum Gasteiger partial charge on any atom is -0.440 e. The van der Waals surface area contributed by atoms with Crippen molar-refractivity contribution in [3.8, 4) is 0 Å². The van der Waals surface area contributed by atoms with Gasteiger partial charge < -0.3 is 15.0 Å². The third kappa shape index (κ3) is 3.79. The van der Waals surface area contributed by atoms with Gasteiger partial charge in [0.05, 0.1) is 18.4 Å². The van der Waals surface area contributed by atoms with Gasteiger partial charge in [-0.05, 0) is 31.5 Å². The van der Waals surface area contributed by atoms with Crippen molar-refractivity contribution in [1.82, 2.24) is 14.8 Å². The van der Waals surface area contributed by atoms with Crippen LogP contribution in [0.4, 0.5) is 10.5 Å². The van der Waals surface area contributed by atoms with E-state index in [1.54, 1.807) is 30.4 Å². The van der Waals surface area contributed by atoms with E-state index in [0.29, 0.717) is 31.7 Å². The summed E-state index contributed by atoms with van der Waals surface area (Å²) in [5.41, 5.74) is 0.308. The number of likely N-dealkylation sites (tertiary alicyclic amines) is 1. The maximum absolute atomic E-state index is 12.0. The Morgan fingerprint density at radius 1 is 1.48 bits per heavy atom. The molecule has 1 N–H and O–H groups in total. The maximum atomic E-state index is 12.0. The van der Waals surface area contributed by atoms with Crippen LogP contribution < -0.4 is 5.32 Å². The fourth-order valence-corrected chi connectivity index (χ4v) is 3.31. The molecule has 2 amide bonds. The van der Waals surface area contributed by atoms with Gasteiger partial charge in [-0.2, -0.15) is 0 Å². The number of likely N-dealkylation sites (N-methyl/N-ethyl adjacent to an activating group) is 1. The van der Waals surface area contributed by atoms with E-state index in [4.69, 9.17) is 4.74 Å². The Morgan fingerprint density at radius 3 is 3.04 bits per heavy atom. The van der Waals surface area contributed by atoms with Crippen LogP contribution in [0.2, 0.25) is 0 Å². The SMILES string of the molecule is CN1C[C@]2(CCCN(CCC(=O)Nc3cccnc3)C2)OC1=O. The van der Waals surface area contributed by atoms with Gasteiger partial charge in [0.2, 0.25) is 5.91 Å². The lowest BCUT2D eigenvalue weighted by Gasteiger charge is -2.38. The smallest absolute Gasteiger partial charge is 0.410 e. The quantitative estimate of drug-likeness (QED) is 0.906. The Hall–Kier alpha value is -2.15. The summed E-state index contributed by atoms with van der Waals surface area (Å²) in [7, 11) is 1.76. The molecule has 0 aliphatic carbocycles. The molecule has 2 saturated heterocycles. The standard InChI is InChI=1S/C16H22N4O3/c1-19-11-16(23-15(19)22)6-3-8-20(12-16)9-5-14(21)18-13-4-2-7-17-10-13/h2,4,7,10H,3,5-6,8-9,11-12H2,1H3,(H,18,21)/t16-/m0/s1. The monoisotopic (exact) mass is 318 g/mol. The molecular weight excluding hydrogens is 296 g/mol. The van der Waals surface area contributed by atoms with E-state index in [0.717, 1.165) is 19.4 Å². The maximum Gasteiger partial charge on any atom is 0.410 e. The predicted octanol–water partition coefficient (Wildman–Crippen LogP) is 1.33. The summed E-state index contributed by atoms with van der Waals surface area (Å²) >= 11 is 0. The van der Waals surface area contributed by atoms with Crippen LogP contribution in [0.15, 0.2) is 24.5 Å². The zero-order valence-electron chi connectivity index (χ0n) is 13.3. The van der Waals surface area contributed by atoms with E-state index in [1.807, 2.05) is 6.07 Å². The number of anilines is 1. The number of nitrogens with one attached hydrogen (secondary N) is 1. The number of aromatic nitrogens is 1. The lowest BCUT2D eigenvalue weighted by molar-refractivity contribution is -0.116. The van der Waals surface area contributed by atoms with Gasteiger partial charge in [0, 0.05) is 32.8 Å². The molecule has 3 rings (SSSR count). The Balaban J connectivity index is 1.49. The van der Waals surface area contributed by atoms with Crippen LogP contribution in [-0.4, -0.2) is 65.6 Å². The van der Waals surface area contributed by atoms with E-state index in [-0.39, 0.29) is 12.0 Å². The number of pyridine rings is 1. The van der Waals surface area contributed by atoms with Crippen molar-refractivity contribution in [1.29, 1.82) is 0 Å². The zero-order chi connectivity index (χ0) is 16.3. The minimum atomic E-state index is -0.399. The second-order valence-corrected chi connectivity index (χ2v) is 6.33. The highest BCUT2D eigenvalue weighted by atomic mass is 16.6. The number of piperidine rings is 1. The number of carbonyl (C=O) groups is 2. The first-order chi connectivity index (χ1) is 11.1. The normalized spacial score (nSPS) is 24.7. The van der Waals surface area contributed by atoms with E-state index in [2.05, 4.69) is 15.2 Å². The molecule has 0 aromatic carbocycles. The zero-order valence-corrected chi connectivity index (χ0v) is 13.3. The van der Waals surface area contributed by atoms with Crippen LogP contribution in [-0.2, 0) is 9.53 Å². The number of hydrogen-bond donors (Lipinski definition) is 1. The van der Waals surface area contributed by atoms with Gasteiger partial charge in [0.1, 0.15) is 5.60 Å². The van der Waals surface area contributed by atoms with Crippen molar-refractivity contribution >= 4 is 17.7 Å². The number of hydrogen-bond acceptors (Lipinski definition) is 5. The molecule has 2 aliphatic rings. The van der Waals surface area contributed by atoms with Crippen LogP contribution in [0.5, 0.6) is 0 Å². The summed E-state index contributed by atoms with van der Waals surface area (Å²) in [6, 6.07) is 3.60. The Kier molecular flexibility index (Phi) is 4.47. The molecule has 0 bridgehead atoms. The first-order valence-electron chi connectivity index (χ1n) is 7.93.